The topological polar surface area (TPSA) is 6.48 Å². The summed E-state index contributed by atoms with van der Waals surface area (Å²) in [6.45, 7) is 6.77. The van der Waals surface area contributed by atoms with Gasteiger partial charge in [-0.15, -0.1) is 0 Å². The molecule has 5 aliphatic rings. The van der Waals surface area contributed by atoms with Crippen molar-refractivity contribution in [2.75, 3.05) is 32.7 Å². The van der Waals surface area contributed by atoms with E-state index in [9.17, 15) is 0 Å². The Kier molecular flexibility index (Phi) is 3.19. The number of hydrogen-bond donors (Lipinski definition) is 0. The van der Waals surface area contributed by atoms with Crippen molar-refractivity contribution >= 4 is 0 Å². The molecule has 0 amide bonds. The number of hydrogen-bond acceptors (Lipinski definition) is 2. The van der Waals surface area contributed by atoms with E-state index in [0.29, 0.717) is 0 Å². The van der Waals surface area contributed by atoms with E-state index in [2.05, 4.69) is 22.0 Å². The number of allylic oxidation sites excluding steroid dienone is 2. The van der Waals surface area contributed by atoms with Crippen LogP contribution in [-0.2, 0) is 0 Å². The summed E-state index contributed by atoms with van der Waals surface area (Å²) < 4.78 is 0. The molecule has 3 saturated carbocycles. The van der Waals surface area contributed by atoms with Crippen LogP contribution in [0, 0.1) is 29.6 Å². The Morgan fingerprint density at radius 3 is 2.38 bits per heavy atom. The van der Waals surface area contributed by atoms with Crippen LogP contribution in [0.3, 0.4) is 0 Å². The van der Waals surface area contributed by atoms with E-state index in [1.165, 1.54) is 58.4 Å². The van der Waals surface area contributed by atoms with Gasteiger partial charge in [0.15, 0.2) is 0 Å². The van der Waals surface area contributed by atoms with E-state index in [4.69, 9.17) is 0 Å². The summed E-state index contributed by atoms with van der Waals surface area (Å²) in [4.78, 5) is 5.64. The maximum Gasteiger partial charge on any atom is 0.0127 e. The molecule has 0 spiro atoms. The lowest BCUT2D eigenvalue weighted by Crippen LogP contribution is -2.52. The van der Waals surface area contributed by atoms with Gasteiger partial charge in [0, 0.05) is 38.8 Å². The predicted molar refractivity (Wildman–Crippen MR) is 86.1 cm³/mol. The van der Waals surface area contributed by atoms with Gasteiger partial charge < -0.3 is 4.90 Å². The molecule has 4 bridgehead atoms. The van der Waals surface area contributed by atoms with Gasteiger partial charge in [0.25, 0.3) is 0 Å². The van der Waals surface area contributed by atoms with Gasteiger partial charge in [-0.25, -0.2) is 0 Å². The molecule has 1 heterocycles. The Hall–Kier alpha value is -0.340. The van der Waals surface area contributed by atoms with Gasteiger partial charge in [-0.05, 0) is 61.7 Å². The molecule has 1 aliphatic heterocycles. The summed E-state index contributed by atoms with van der Waals surface area (Å²) in [6.07, 6.45) is 14.1. The van der Waals surface area contributed by atoms with E-state index in [1.807, 2.05) is 0 Å². The smallest absolute Gasteiger partial charge is 0.0127 e. The second-order valence-electron chi connectivity index (χ2n) is 8.62. The predicted octanol–water partition coefficient (Wildman–Crippen LogP) is 3.00. The summed E-state index contributed by atoms with van der Waals surface area (Å²) in [5.41, 5.74) is 0. The highest BCUT2D eigenvalue weighted by atomic mass is 15.3. The molecule has 5 rings (SSSR count). The van der Waals surface area contributed by atoms with Crippen molar-refractivity contribution in [3.8, 4) is 0 Å². The zero-order valence-electron chi connectivity index (χ0n) is 13.3. The molecule has 1 saturated heterocycles. The highest BCUT2D eigenvalue weighted by Gasteiger charge is 2.43. The van der Waals surface area contributed by atoms with Gasteiger partial charge in [-0.1, -0.05) is 18.6 Å². The molecule has 0 aromatic heterocycles. The molecule has 0 N–H and O–H groups in total. The lowest BCUT2D eigenvalue weighted by Gasteiger charge is -2.42. The molecular weight excluding hydrogens is 256 g/mol. The van der Waals surface area contributed by atoms with Crippen molar-refractivity contribution in [2.45, 2.75) is 44.6 Å². The second-order valence-corrected chi connectivity index (χ2v) is 8.62. The molecule has 6 unspecified atom stereocenters. The lowest BCUT2D eigenvalue weighted by molar-refractivity contribution is 0.0618. The third-order valence-corrected chi connectivity index (χ3v) is 7.49. The molecule has 116 valence electrons. The molecule has 6 atom stereocenters. The van der Waals surface area contributed by atoms with Gasteiger partial charge in [0.1, 0.15) is 0 Å². The highest BCUT2D eigenvalue weighted by molar-refractivity contribution is 5.10. The molecule has 0 aromatic carbocycles. The van der Waals surface area contributed by atoms with Crippen molar-refractivity contribution in [3.05, 3.63) is 12.2 Å². The third kappa shape index (κ3) is 2.30. The first-order valence-corrected chi connectivity index (χ1v) is 9.50. The zero-order valence-corrected chi connectivity index (χ0v) is 13.3. The largest absolute Gasteiger partial charge is 0.300 e. The van der Waals surface area contributed by atoms with Crippen LogP contribution in [-0.4, -0.2) is 48.6 Å². The first kappa shape index (κ1) is 13.1. The first-order valence-electron chi connectivity index (χ1n) is 9.50. The quantitative estimate of drug-likeness (QED) is 0.736. The standard InChI is InChI=1S/C19H30N2/c1-3-16-9-14(1)11-18(16)13-20-5-7-21(8-6-20)19-12-15-2-4-17(19)10-15/h1,3,14-19H,2,4-13H2. The Balaban J connectivity index is 1.13. The normalized spacial score (nSPS) is 49.5. The third-order valence-electron chi connectivity index (χ3n) is 7.49. The van der Waals surface area contributed by atoms with Crippen LogP contribution in [0.1, 0.15) is 38.5 Å². The molecule has 2 nitrogen and oxygen atoms in total. The van der Waals surface area contributed by atoms with E-state index in [-0.39, 0.29) is 0 Å². The van der Waals surface area contributed by atoms with E-state index < -0.39 is 0 Å². The average molecular weight is 286 g/mol. The van der Waals surface area contributed by atoms with E-state index in [0.717, 1.165) is 35.6 Å². The Labute approximate surface area is 129 Å². The average Bonchev–Trinajstić information content (AvgIpc) is 3.28. The van der Waals surface area contributed by atoms with Crippen LogP contribution >= 0.6 is 0 Å². The van der Waals surface area contributed by atoms with Crippen LogP contribution in [0.5, 0.6) is 0 Å². The fraction of sp³-hybridized carbons (Fsp3) is 0.895. The monoisotopic (exact) mass is 286 g/mol. The van der Waals surface area contributed by atoms with Crippen molar-refractivity contribution in [2.24, 2.45) is 29.6 Å². The summed E-state index contributed by atoms with van der Waals surface area (Å²) in [5, 5.41) is 0. The summed E-state index contributed by atoms with van der Waals surface area (Å²) in [5.74, 6) is 5.01. The van der Waals surface area contributed by atoms with Crippen molar-refractivity contribution in [3.63, 3.8) is 0 Å². The number of piperazine rings is 1. The lowest BCUT2D eigenvalue weighted by atomic mass is 9.92. The Bertz CT molecular complexity index is 423. The Morgan fingerprint density at radius 1 is 0.857 bits per heavy atom. The molecular formula is C19H30N2. The second kappa shape index (κ2) is 5.09. The van der Waals surface area contributed by atoms with E-state index >= 15 is 0 Å². The first-order chi connectivity index (χ1) is 10.3. The Morgan fingerprint density at radius 2 is 1.76 bits per heavy atom. The summed E-state index contributed by atoms with van der Waals surface area (Å²) in [7, 11) is 0. The van der Waals surface area contributed by atoms with Gasteiger partial charge in [-0.3, -0.25) is 4.90 Å². The molecule has 0 aromatic rings. The van der Waals surface area contributed by atoms with Crippen molar-refractivity contribution in [1.29, 1.82) is 0 Å². The minimum atomic E-state index is 0.929. The van der Waals surface area contributed by atoms with Crippen LogP contribution in [0.4, 0.5) is 0 Å². The SMILES string of the molecule is C1=CC2CC1CC2CN1CCN(C2CC3CCC2C3)CC1. The maximum absolute atomic E-state index is 2.86. The molecule has 0 radical (unpaired) electrons. The fourth-order valence-corrected chi connectivity index (χ4v) is 6.37. The number of nitrogens with zero attached hydrogens (tertiary/aromatic N) is 2. The van der Waals surface area contributed by atoms with Crippen LogP contribution in [0.15, 0.2) is 12.2 Å². The van der Waals surface area contributed by atoms with Crippen LogP contribution in [0.25, 0.3) is 0 Å². The van der Waals surface area contributed by atoms with Gasteiger partial charge >= 0.3 is 0 Å². The molecule has 4 fully saturated rings. The molecule has 4 aliphatic carbocycles. The minimum absolute atomic E-state index is 0.929. The van der Waals surface area contributed by atoms with Crippen molar-refractivity contribution < 1.29 is 0 Å². The minimum Gasteiger partial charge on any atom is -0.300 e. The fourth-order valence-electron chi connectivity index (χ4n) is 6.37. The van der Waals surface area contributed by atoms with Gasteiger partial charge in [-0.2, -0.15) is 0 Å². The van der Waals surface area contributed by atoms with Crippen molar-refractivity contribution in [1.82, 2.24) is 9.80 Å². The summed E-state index contributed by atoms with van der Waals surface area (Å²) in [6, 6.07) is 0.969. The number of fused-ring (bicyclic) bond motifs is 4. The zero-order chi connectivity index (χ0) is 13.8. The van der Waals surface area contributed by atoms with Crippen LogP contribution < -0.4 is 0 Å². The maximum atomic E-state index is 2.86. The van der Waals surface area contributed by atoms with E-state index in [1.54, 1.807) is 12.8 Å². The number of rotatable bonds is 3. The highest BCUT2D eigenvalue weighted by Crippen LogP contribution is 2.47. The van der Waals surface area contributed by atoms with Gasteiger partial charge in [0.05, 0.1) is 0 Å². The molecule has 21 heavy (non-hydrogen) atoms. The molecule has 2 heteroatoms. The summed E-state index contributed by atoms with van der Waals surface area (Å²) >= 11 is 0. The van der Waals surface area contributed by atoms with Gasteiger partial charge in [0.2, 0.25) is 0 Å². The van der Waals surface area contributed by atoms with Crippen LogP contribution in [0.2, 0.25) is 0 Å².